The van der Waals surface area contributed by atoms with Crippen LogP contribution in [0.1, 0.15) is 5.56 Å². The van der Waals surface area contributed by atoms with Crippen LogP contribution in [0.15, 0.2) is 47.4 Å². The minimum absolute atomic E-state index is 0.933. The Morgan fingerprint density at radius 1 is 1.27 bits per heavy atom. The lowest BCUT2D eigenvalue weighted by Crippen LogP contribution is -1.84. The average Bonchev–Trinajstić information content (AvgIpc) is 2.25. The van der Waals surface area contributed by atoms with Crippen molar-refractivity contribution >= 4 is 23.8 Å². The SMILES string of the molecule is CSc1ccc(/C=C/C=C/C(=O)O)cc1. The summed E-state index contributed by atoms with van der Waals surface area (Å²) in [5, 5.41) is 8.36. The summed E-state index contributed by atoms with van der Waals surface area (Å²) in [6.07, 6.45) is 8.21. The minimum atomic E-state index is -0.933. The fourth-order valence-corrected chi connectivity index (χ4v) is 1.43. The standard InChI is InChI=1S/C12H12O2S/c1-15-11-8-6-10(7-9-11)4-2-3-5-12(13)14/h2-9H,1H3,(H,13,14)/b4-2+,5-3+. The number of allylic oxidation sites excluding steroid dienone is 2. The minimum Gasteiger partial charge on any atom is -0.478 e. The van der Waals surface area contributed by atoms with E-state index in [2.05, 4.69) is 0 Å². The van der Waals surface area contributed by atoms with Crippen molar-refractivity contribution in [2.75, 3.05) is 6.26 Å². The summed E-state index contributed by atoms with van der Waals surface area (Å²) >= 11 is 1.69. The van der Waals surface area contributed by atoms with Crippen molar-refractivity contribution in [3.05, 3.63) is 48.1 Å². The van der Waals surface area contributed by atoms with E-state index in [1.165, 1.54) is 11.0 Å². The van der Waals surface area contributed by atoms with Crippen LogP contribution in [0.4, 0.5) is 0 Å². The maximum Gasteiger partial charge on any atom is 0.328 e. The van der Waals surface area contributed by atoms with Crippen LogP contribution in [0.5, 0.6) is 0 Å². The number of rotatable bonds is 4. The highest BCUT2D eigenvalue weighted by Crippen LogP contribution is 2.15. The number of carboxylic acids is 1. The highest BCUT2D eigenvalue weighted by Gasteiger charge is 1.88. The molecule has 0 saturated heterocycles. The van der Waals surface area contributed by atoms with Crippen LogP contribution in [-0.4, -0.2) is 17.3 Å². The molecule has 0 radical (unpaired) electrons. The third-order valence-electron chi connectivity index (χ3n) is 1.75. The Balaban J connectivity index is 2.61. The van der Waals surface area contributed by atoms with E-state index in [0.29, 0.717) is 0 Å². The highest BCUT2D eigenvalue weighted by atomic mass is 32.2. The molecule has 0 saturated carbocycles. The molecule has 1 rings (SSSR count). The maximum absolute atomic E-state index is 10.2. The smallest absolute Gasteiger partial charge is 0.328 e. The number of carbonyl (C=O) groups is 1. The molecule has 0 atom stereocenters. The van der Waals surface area contributed by atoms with Gasteiger partial charge in [0.2, 0.25) is 0 Å². The Bertz CT molecular complexity index is 377. The molecule has 0 aliphatic rings. The van der Waals surface area contributed by atoms with E-state index in [0.717, 1.165) is 11.6 Å². The second kappa shape index (κ2) is 6.09. The van der Waals surface area contributed by atoms with Gasteiger partial charge in [0, 0.05) is 11.0 Å². The Labute approximate surface area is 93.3 Å². The lowest BCUT2D eigenvalue weighted by Gasteiger charge is -1.95. The first-order chi connectivity index (χ1) is 7.22. The van der Waals surface area contributed by atoms with Gasteiger partial charge in [-0.1, -0.05) is 30.4 Å². The molecular weight excluding hydrogens is 208 g/mol. The molecule has 0 spiro atoms. The number of thioether (sulfide) groups is 1. The molecule has 1 aromatic rings. The molecule has 0 aliphatic carbocycles. The molecule has 0 fully saturated rings. The Hall–Kier alpha value is -1.48. The summed E-state index contributed by atoms with van der Waals surface area (Å²) in [4.78, 5) is 11.4. The molecule has 3 heteroatoms. The molecule has 0 aromatic heterocycles. The normalized spacial score (nSPS) is 11.3. The Morgan fingerprint density at radius 3 is 2.47 bits per heavy atom. The molecule has 2 nitrogen and oxygen atoms in total. The summed E-state index contributed by atoms with van der Waals surface area (Å²) in [7, 11) is 0. The number of aliphatic carboxylic acids is 1. The summed E-state index contributed by atoms with van der Waals surface area (Å²) in [5.41, 5.74) is 1.06. The lowest BCUT2D eigenvalue weighted by atomic mass is 10.2. The van der Waals surface area contributed by atoms with E-state index >= 15 is 0 Å². The Morgan fingerprint density at radius 2 is 1.93 bits per heavy atom. The van der Waals surface area contributed by atoms with Gasteiger partial charge >= 0.3 is 5.97 Å². The van der Waals surface area contributed by atoms with Crippen LogP contribution in [-0.2, 0) is 4.79 Å². The fourth-order valence-electron chi connectivity index (χ4n) is 1.02. The van der Waals surface area contributed by atoms with E-state index in [9.17, 15) is 4.79 Å². The molecule has 1 aromatic carbocycles. The van der Waals surface area contributed by atoms with Crippen molar-refractivity contribution in [1.82, 2.24) is 0 Å². The van der Waals surface area contributed by atoms with Gasteiger partial charge in [-0.2, -0.15) is 0 Å². The molecular formula is C12H12O2S. The largest absolute Gasteiger partial charge is 0.478 e. The topological polar surface area (TPSA) is 37.3 Å². The summed E-state index contributed by atoms with van der Waals surface area (Å²) < 4.78 is 0. The van der Waals surface area contributed by atoms with E-state index in [1.54, 1.807) is 17.8 Å². The van der Waals surface area contributed by atoms with E-state index in [-0.39, 0.29) is 0 Å². The molecule has 1 N–H and O–H groups in total. The van der Waals surface area contributed by atoms with Crippen molar-refractivity contribution in [3.63, 3.8) is 0 Å². The van der Waals surface area contributed by atoms with Crippen LogP contribution in [0.25, 0.3) is 6.08 Å². The van der Waals surface area contributed by atoms with Gasteiger partial charge in [0.05, 0.1) is 0 Å². The van der Waals surface area contributed by atoms with Gasteiger partial charge in [0.1, 0.15) is 0 Å². The zero-order valence-corrected chi connectivity index (χ0v) is 9.20. The molecule has 78 valence electrons. The van der Waals surface area contributed by atoms with Crippen molar-refractivity contribution < 1.29 is 9.90 Å². The molecule has 15 heavy (non-hydrogen) atoms. The fraction of sp³-hybridized carbons (Fsp3) is 0.0833. The predicted molar refractivity (Wildman–Crippen MR) is 64.0 cm³/mol. The number of hydrogen-bond donors (Lipinski definition) is 1. The van der Waals surface area contributed by atoms with E-state index in [4.69, 9.17) is 5.11 Å². The number of carboxylic acid groups (broad SMARTS) is 1. The lowest BCUT2D eigenvalue weighted by molar-refractivity contribution is -0.131. The average molecular weight is 220 g/mol. The summed E-state index contributed by atoms with van der Waals surface area (Å²) in [6.45, 7) is 0. The van der Waals surface area contributed by atoms with Gasteiger partial charge in [-0.3, -0.25) is 0 Å². The second-order valence-corrected chi connectivity index (χ2v) is 3.71. The molecule has 0 heterocycles. The van der Waals surface area contributed by atoms with Gasteiger partial charge in [0.15, 0.2) is 0 Å². The van der Waals surface area contributed by atoms with Gasteiger partial charge in [-0.15, -0.1) is 11.8 Å². The predicted octanol–water partition coefficient (Wildman–Crippen LogP) is 3.06. The van der Waals surface area contributed by atoms with Crippen LogP contribution >= 0.6 is 11.8 Å². The third kappa shape index (κ3) is 4.51. The summed E-state index contributed by atoms with van der Waals surface area (Å²) in [5.74, 6) is -0.933. The van der Waals surface area contributed by atoms with Crippen molar-refractivity contribution in [2.24, 2.45) is 0 Å². The third-order valence-corrected chi connectivity index (χ3v) is 2.50. The first-order valence-electron chi connectivity index (χ1n) is 4.44. The second-order valence-electron chi connectivity index (χ2n) is 2.83. The number of benzene rings is 1. The zero-order chi connectivity index (χ0) is 11.1. The monoisotopic (exact) mass is 220 g/mol. The van der Waals surface area contributed by atoms with Crippen LogP contribution in [0, 0.1) is 0 Å². The molecule has 0 unspecified atom stereocenters. The number of hydrogen-bond acceptors (Lipinski definition) is 2. The molecule has 0 bridgehead atoms. The molecule has 0 amide bonds. The van der Waals surface area contributed by atoms with Gasteiger partial charge in [0.25, 0.3) is 0 Å². The van der Waals surface area contributed by atoms with Gasteiger partial charge in [-0.25, -0.2) is 4.79 Å². The van der Waals surface area contributed by atoms with Crippen LogP contribution < -0.4 is 0 Å². The summed E-state index contributed by atoms with van der Waals surface area (Å²) in [6, 6.07) is 8.06. The zero-order valence-electron chi connectivity index (χ0n) is 8.38. The first kappa shape index (κ1) is 11.6. The van der Waals surface area contributed by atoms with Gasteiger partial charge < -0.3 is 5.11 Å². The Kier molecular flexibility index (Phi) is 4.71. The maximum atomic E-state index is 10.2. The first-order valence-corrected chi connectivity index (χ1v) is 5.66. The van der Waals surface area contributed by atoms with E-state index < -0.39 is 5.97 Å². The highest BCUT2D eigenvalue weighted by molar-refractivity contribution is 7.98. The van der Waals surface area contributed by atoms with Crippen LogP contribution in [0.3, 0.4) is 0 Å². The van der Waals surface area contributed by atoms with Crippen molar-refractivity contribution in [1.29, 1.82) is 0 Å². The van der Waals surface area contributed by atoms with Gasteiger partial charge in [-0.05, 0) is 24.0 Å². The van der Waals surface area contributed by atoms with Crippen LogP contribution in [0.2, 0.25) is 0 Å². The van der Waals surface area contributed by atoms with Crippen molar-refractivity contribution in [3.8, 4) is 0 Å². The van der Waals surface area contributed by atoms with E-state index in [1.807, 2.05) is 36.6 Å². The van der Waals surface area contributed by atoms with Crippen molar-refractivity contribution in [2.45, 2.75) is 4.90 Å². The molecule has 0 aliphatic heterocycles. The quantitative estimate of drug-likeness (QED) is 0.481.